The van der Waals surface area contributed by atoms with E-state index in [9.17, 15) is 0 Å². The third-order valence-corrected chi connectivity index (χ3v) is 1.94. The van der Waals surface area contributed by atoms with E-state index in [1.807, 2.05) is 7.05 Å². The Balaban J connectivity index is 3.50. The van der Waals surface area contributed by atoms with E-state index in [1.54, 1.807) is 0 Å². The average molecular weight is 139 g/mol. The summed E-state index contributed by atoms with van der Waals surface area (Å²) in [7, 11) is 1.97. The second kappa shape index (κ2) is 5.32. The summed E-state index contributed by atoms with van der Waals surface area (Å²) in [6.45, 7) is 5.48. The van der Waals surface area contributed by atoms with Gasteiger partial charge in [-0.25, -0.2) is 0 Å². The molecule has 0 aromatic heterocycles. The Kier molecular flexibility index (Phi) is 5.06. The lowest BCUT2D eigenvalue weighted by Crippen LogP contribution is -2.21. The Labute approximate surface area is 64.2 Å². The summed E-state index contributed by atoms with van der Waals surface area (Å²) < 4.78 is 0. The molecule has 0 saturated carbocycles. The van der Waals surface area contributed by atoms with Gasteiger partial charge in [0.2, 0.25) is 0 Å². The highest BCUT2D eigenvalue weighted by Crippen LogP contribution is 2.12. The van der Waals surface area contributed by atoms with Gasteiger partial charge in [0, 0.05) is 6.42 Å². The fraction of sp³-hybridized carbons (Fsp3) is 0.778. The fourth-order valence-corrected chi connectivity index (χ4v) is 0.910. The lowest BCUT2D eigenvalue weighted by atomic mass is 9.93. The van der Waals surface area contributed by atoms with Crippen molar-refractivity contribution < 1.29 is 0 Å². The first-order valence-corrected chi connectivity index (χ1v) is 3.80. The normalized spacial score (nSPS) is 15.8. The molecule has 0 bridgehead atoms. The predicted octanol–water partition coefficient (Wildman–Crippen LogP) is 1.50. The Hall–Kier alpha value is -0.480. The molecule has 0 aliphatic carbocycles. The summed E-state index contributed by atoms with van der Waals surface area (Å²) in [6, 6.07) is 0. The van der Waals surface area contributed by atoms with E-state index in [4.69, 9.17) is 6.42 Å². The molecule has 2 atom stereocenters. The topological polar surface area (TPSA) is 12.0 Å². The van der Waals surface area contributed by atoms with Crippen molar-refractivity contribution in [3.05, 3.63) is 0 Å². The summed E-state index contributed by atoms with van der Waals surface area (Å²) in [5.74, 6) is 4.00. The molecule has 0 radical (unpaired) electrons. The van der Waals surface area contributed by atoms with E-state index >= 15 is 0 Å². The van der Waals surface area contributed by atoms with Gasteiger partial charge in [0.25, 0.3) is 0 Å². The molecule has 2 unspecified atom stereocenters. The van der Waals surface area contributed by atoms with Crippen molar-refractivity contribution in [1.82, 2.24) is 5.32 Å². The van der Waals surface area contributed by atoms with Crippen LogP contribution in [0.2, 0.25) is 0 Å². The lowest BCUT2D eigenvalue weighted by molar-refractivity contribution is 0.384. The number of rotatable bonds is 4. The molecular weight excluding hydrogens is 122 g/mol. The van der Waals surface area contributed by atoms with Crippen LogP contribution in [0.5, 0.6) is 0 Å². The SMILES string of the molecule is C#CCC(C)C(C)CNC. The summed E-state index contributed by atoms with van der Waals surface area (Å²) >= 11 is 0. The van der Waals surface area contributed by atoms with Crippen LogP contribution in [0.25, 0.3) is 0 Å². The third kappa shape index (κ3) is 3.53. The molecule has 0 aliphatic rings. The molecule has 0 amide bonds. The van der Waals surface area contributed by atoms with E-state index in [2.05, 4.69) is 25.1 Å². The number of hydrogen-bond donors (Lipinski definition) is 1. The first-order chi connectivity index (χ1) is 4.72. The summed E-state index contributed by atoms with van der Waals surface area (Å²) in [4.78, 5) is 0. The van der Waals surface area contributed by atoms with Crippen LogP contribution in [0.4, 0.5) is 0 Å². The fourth-order valence-electron chi connectivity index (χ4n) is 0.910. The zero-order chi connectivity index (χ0) is 7.98. The van der Waals surface area contributed by atoms with Gasteiger partial charge in [0.15, 0.2) is 0 Å². The van der Waals surface area contributed by atoms with Crippen molar-refractivity contribution in [2.24, 2.45) is 11.8 Å². The predicted molar refractivity (Wildman–Crippen MR) is 45.7 cm³/mol. The van der Waals surface area contributed by atoms with Gasteiger partial charge in [-0.3, -0.25) is 0 Å². The maximum absolute atomic E-state index is 5.19. The van der Waals surface area contributed by atoms with Crippen LogP contribution in [-0.2, 0) is 0 Å². The van der Waals surface area contributed by atoms with Crippen LogP contribution in [0, 0.1) is 24.2 Å². The maximum atomic E-state index is 5.19. The third-order valence-electron chi connectivity index (χ3n) is 1.94. The van der Waals surface area contributed by atoms with E-state index in [-0.39, 0.29) is 0 Å². The Morgan fingerprint density at radius 2 is 2.00 bits per heavy atom. The van der Waals surface area contributed by atoms with Gasteiger partial charge >= 0.3 is 0 Å². The smallest absolute Gasteiger partial charge is 0.0115 e. The molecule has 0 aromatic rings. The van der Waals surface area contributed by atoms with Gasteiger partial charge in [-0.1, -0.05) is 13.8 Å². The van der Waals surface area contributed by atoms with Gasteiger partial charge in [0.1, 0.15) is 0 Å². The number of hydrogen-bond acceptors (Lipinski definition) is 1. The standard InChI is InChI=1S/C9H17N/c1-5-6-8(2)9(3)7-10-4/h1,8-10H,6-7H2,2-4H3. The van der Waals surface area contributed by atoms with Crippen LogP contribution in [0.3, 0.4) is 0 Å². The Morgan fingerprint density at radius 3 is 2.40 bits per heavy atom. The highest BCUT2D eigenvalue weighted by molar-refractivity contribution is 4.87. The summed E-state index contributed by atoms with van der Waals surface area (Å²) in [5.41, 5.74) is 0. The first-order valence-electron chi connectivity index (χ1n) is 3.80. The minimum absolute atomic E-state index is 0.637. The first kappa shape index (κ1) is 9.52. The molecule has 0 fully saturated rings. The van der Waals surface area contributed by atoms with E-state index < -0.39 is 0 Å². The van der Waals surface area contributed by atoms with Crippen molar-refractivity contribution in [2.45, 2.75) is 20.3 Å². The zero-order valence-corrected chi connectivity index (χ0v) is 7.15. The second-order valence-corrected chi connectivity index (χ2v) is 2.92. The highest BCUT2D eigenvalue weighted by Gasteiger charge is 2.08. The van der Waals surface area contributed by atoms with Crippen LogP contribution in [0.1, 0.15) is 20.3 Å². The van der Waals surface area contributed by atoms with Crippen molar-refractivity contribution in [2.75, 3.05) is 13.6 Å². The van der Waals surface area contributed by atoms with Crippen molar-refractivity contribution in [3.8, 4) is 12.3 Å². The summed E-state index contributed by atoms with van der Waals surface area (Å²) in [5, 5.41) is 3.14. The van der Waals surface area contributed by atoms with Crippen LogP contribution in [-0.4, -0.2) is 13.6 Å². The molecule has 0 aliphatic heterocycles. The van der Waals surface area contributed by atoms with E-state index in [1.165, 1.54) is 0 Å². The molecule has 0 aromatic carbocycles. The Bertz CT molecular complexity index is 112. The van der Waals surface area contributed by atoms with Gasteiger partial charge in [-0.15, -0.1) is 12.3 Å². The van der Waals surface area contributed by atoms with Crippen molar-refractivity contribution in [3.63, 3.8) is 0 Å². The minimum atomic E-state index is 0.637. The largest absolute Gasteiger partial charge is 0.319 e. The molecule has 1 heteroatoms. The van der Waals surface area contributed by atoms with Crippen LogP contribution >= 0.6 is 0 Å². The minimum Gasteiger partial charge on any atom is -0.319 e. The molecule has 0 rings (SSSR count). The monoisotopic (exact) mass is 139 g/mol. The Morgan fingerprint density at radius 1 is 1.40 bits per heavy atom. The van der Waals surface area contributed by atoms with E-state index in [0.717, 1.165) is 13.0 Å². The molecule has 10 heavy (non-hydrogen) atoms. The molecule has 1 nitrogen and oxygen atoms in total. The maximum Gasteiger partial charge on any atom is 0.0115 e. The van der Waals surface area contributed by atoms with Crippen LogP contribution in [0.15, 0.2) is 0 Å². The molecule has 0 spiro atoms. The van der Waals surface area contributed by atoms with Gasteiger partial charge in [0.05, 0.1) is 0 Å². The van der Waals surface area contributed by atoms with E-state index in [0.29, 0.717) is 11.8 Å². The summed E-state index contributed by atoms with van der Waals surface area (Å²) in [6.07, 6.45) is 6.08. The zero-order valence-electron chi connectivity index (χ0n) is 7.15. The molecule has 1 N–H and O–H groups in total. The van der Waals surface area contributed by atoms with Crippen molar-refractivity contribution in [1.29, 1.82) is 0 Å². The molecule has 58 valence electrons. The van der Waals surface area contributed by atoms with Crippen molar-refractivity contribution >= 4 is 0 Å². The average Bonchev–Trinajstić information content (AvgIpc) is 1.89. The highest BCUT2D eigenvalue weighted by atomic mass is 14.8. The molecule has 0 saturated heterocycles. The van der Waals surface area contributed by atoms with Gasteiger partial charge < -0.3 is 5.32 Å². The molecule has 0 heterocycles. The lowest BCUT2D eigenvalue weighted by Gasteiger charge is -2.16. The molecular formula is C9H17N. The number of terminal acetylenes is 1. The number of nitrogens with one attached hydrogen (secondary N) is 1. The quantitative estimate of drug-likeness (QED) is 0.582. The van der Waals surface area contributed by atoms with Gasteiger partial charge in [-0.05, 0) is 25.4 Å². The van der Waals surface area contributed by atoms with Crippen LogP contribution < -0.4 is 5.32 Å². The second-order valence-electron chi connectivity index (χ2n) is 2.92. The van der Waals surface area contributed by atoms with Gasteiger partial charge in [-0.2, -0.15) is 0 Å².